The first-order valence-electron chi connectivity index (χ1n) is 5.05. The summed E-state index contributed by atoms with van der Waals surface area (Å²) in [6, 6.07) is 3.84. The Bertz CT molecular complexity index is 305. The van der Waals surface area contributed by atoms with Crippen molar-refractivity contribution in [1.82, 2.24) is 0 Å². The SMILES string of the molecule is Cc1cc(CCCCO)c(C)cc1O. The molecule has 1 aromatic carbocycles. The van der Waals surface area contributed by atoms with Gasteiger partial charge in [0.15, 0.2) is 0 Å². The highest BCUT2D eigenvalue weighted by Gasteiger charge is 2.02. The second-order valence-electron chi connectivity index (χ2n) is 3.75. The minimum Gasteiger partial charge on any atom is -0.508 e. The van der Waals surface area contributed by atoms with Crippen molar-refractivity contribution >= 4 is 0 Å². The van der Waals surface area contributed by atoms with Crippen LogP contribution in [0.1, 0.15) is 29.5 Å². The average Bonchev–Trinajstić information content (AvgIpc) is 2.14. The Balaban J connectivity index is 2.72. The van der Waals surface area contributed by atoms with Gasteiger partial charge >= 0.3 is 0 Å². The number of aromatic hydroxyl groups is 1. The van der Waals surface area contributed by atoms with Crippen molar-refractivity contribution < 1.29 is 10.2 Å². The van der Waals surface area contributed by atoms with Gasteiger partial charge in [0, 0.05) is 6.61 Å². The van der Waals surface area contributed by atoms with E-state index in [0.717, 1.165) is 30.4 Å². The van der Waals surface area contributed by atoms with E-state index in [-0.39, 0.29) is 6.61 Å². The molecule has 0 radical (unpaired) electrons. The molecule has 1 aromatic rings. The number of hydrogen-bond donors (Lipinski definition) is 2. The molecule has 2 heteroatoms. The molecule has 2 N–H and O–H groups in total. The van der Waals surface area contributed by atoms with Crippen LogP contribution in [0.3, 0.4) is 0 Å². The quantitative estimate of drug-likeness (QED) is 0.722. The predicted octanol–water partition coefficient (Wildman–Crippen LogP) is 2.32. The first kappa shape index (κ1) is 11.1. The van der Waals surface area contributed by atoms with E-state index in [1.54, 1.807) is 0 Å². The molecule has 78 valence electrons. The highest BCUT2D eigenvalue weighted by Crippen LogP contribution is 2.22. The van der Waals surface area contributed by atoms with Crippen LogP contribution in [-0.2, 0) is 6.42 Å². The molecule has 2 nitrogen and oxygen atoms in total. The zero-order chi connectivity index (χ0) is 10.6. The Kier molecular flexibility index (Phi) is 3.96. The van der Waals surface area contributed by atoms with Gasteiger partial charge in [-0.2, -0.15) is 0 Å². The van der Waals surface area contributed by atoms with Gasteiger partial charge in [-0.05, 0) is 55.9 Å². The second kappa shape index (κ2) is 5.01. The van der Waals surface area contributed by atoms with Gasteiger partial charge in [-0.3, -0.25) is 0 Å². The molecule has 0 aliphatic rings. The van der Waals surface area contributed by atoms with E-state index in [4.69, 9.17) is 5.11 Å². The van der Waals surface area contributed by atoms with E-state index in [0.29, 0.717) is 5.75 Å². The molecule has 14 heavy (non-hydrogen) atoms. The lowest BCUT2D eigenvalue weighted by Crippen LogP contribution is -1.93. The highest BCUT2D eigenvalue weighted by atomic mass is 16.3. The lowest BCUT2D eigenvalue weighted by Gasteiger charge is -2.08. The summed E-state index contributed by atoms with van der Waals surface area (Å²) in [5, 5.41) is 18.1. The molecule has 0 saturated carbocycles. The number of aryl methyl sites for hydroxylation is 3. The van der Waals surface area contributed by atoms with Gasteiger partial charge in [0.05, 0.1) is 0 Å². The Morgan fingerprint density at radius 1 is 1.07 bits per heavy atom. The van der Waals surface area contributed by atoms with Gasteiger partial charge in [-0.15, -0.1) is 0 Å². The number of phenolic OH excluding ortho intramolecular Hbond substituents is 1. The zero-order valence-corrected chi connectivity index (χ0v) is 8.88. The fourth-order valence-electron chi connectivity index (χ4n) is 1.56. The molecular weight excluding hydrogens is 176 g/mol. The van der Waals surface area contributed by atoms with Crippen LogP contribution in [0, 0.1) is 13.8 Å². The van der Waals surface area contributed by atoms with Crippen LogP contribution in [0.4, 0.5) is 0 Å². The molecule has 1 rings (SSSR count). The summed E-state index contributed by atoms with van der Waals surface area (Å²) in [7, 11) is 0. The molecule has 0 atom stereocenters. The van der Waals surface area contributed by atoms with Gasteiger partial charge in [0.2, 0.25) is 0 Å². The van der Waals surface area contributed by atoms with Gasteiger partial charge in [-0.1, -0.05) is 6.07 Å². The van der Waals surface area contributed by atoms with Crippen LogP contribution in [0.15, 0.2) is 12.1 Å². The minimum absolute atomic E-state index is 0.260. The summed E-state index contributed by atoms with van der Waals surface area (Å²) in [5.74, 6) is 0.369. The summed E-state index contributed by atoms with van der Waals surface area (Å²) in [6.45, 7) is 4.17. The largest absolute Gasteiger partial charge is 0.508 e. The molecule has 0 heterocycles. The Morgan fingerprint density at radius 3 is 2.43 bits per heavy atom. The molecule has 0 fully saturated rings. The molecule has 0 aliphatic heterocycles. The third kappa shape index (κ3) is 2.74. The van der Waals surface area contributed by atoms with E-state index < -0.39 is 0 Å². The van der Waals surface area contributed by atoms with E-state index in [1.165, 1.54) is 5.56 Å². The monoisotopic (exact) mass is 194 g/mol. The van der Waals surface area contributed by atoms with Crippen molar-refractivity contribution in [2.45, 2.75) is 33.1 Å². The third-order valence-electron chi connectivity index (χ3n) is 2.51. The highest BCUT2D eigenvalue weighted by molar-refractivity contribution is 5.40. The number of aliphatic hydroxyl groups excluding tert-OH is 1. The van der Waals surface area contributed by atoms with Crippen molar-refractivity contribution in [3.05, 3.63) is 28.8 Å². The number of rotatable bonds is 4. The zero-order valence-electron chi connectivity index (χ0n) is 8.88. The van der Waals surface area contributed by atoms with Gasteiger partial charge < -0.3 is 10.2 Å². The van der Waals surface area contributed by atoms with E-state index >= 15 is 0 Å². The molecule has 0 spiro atoms. The Hall–Kier alpha value is -1.02. The van der Waals surface area contributed by atoms with Crippen molar-refractivity contribution in [3.8, 4) is 5.75 Å². The summed E-state index contributed by atoms with van der Waals surface area (Å²) in [5.41, 5.74) is 3.33. The summed E-state index contributed by atoms with van der Waals surface area (Å²) in [6.07, 6.45) is 2.83. The van der Waals surface area contributed by atoms with Crippen molar-refractivity contribution in [2.75, 3.05) is 6.61 Å². The molecule has 0 aliphatic carbocycles. The fraction of sp³-hybridized carbons (Fsp3) is 0.500. The topological polar surface area (TPSA) is 40.5 Å². The molecule has 0 amide bonds. The van der Waals surface area contributed by atoms with Crippen LogP contribution >= 0.6 is 0 Å². The molecular formula is C12H18O2. The molecule has 0 saturated heterocycles. The van der Waals surface area contributed by atoms with Gasteiger partial charge in [0.25, 0.3) is 0 Å². The number of phenols is 1. The van der Waals surface area contributed by atoms with Crippen molar-refractivity contribution in [3.63, 3.8) is 0 Å². The average molecular weight is 194 g/mol. The Labute approximate surface area is 85.2 Å². The second-order valence-corrected chi connectivity index (χ2v) is 3.75. The van der Waals surface area contributed by atoms with Crippen molar-refractivity contribution in [1.29, 1.82) is 0 Å². The molecule has 0 aromatic heterocycles. The maximum Gasteiger partial charge on any atom is 0.118 e. The van der Waals surface area contributed by atoms with Crippen LogP contribution < -0.4 is 0 Å². The maximum absolute atomic E-state index is 9.46. The van der Waals surface area contributed by atoms with Crippen LogP contribution in [0.2, 0.25) is 0 Å². The summed E-state index contributed by atoms with van der Waals surface area (Å²) < 4.78 is 0. The normalized spacial score (nSPS) is 10.5. The number of hydrogen-bond acceptors (Lipinski definition) is 2. The lowest BCUT2D eigenvalue weighted by molar-refractivity contribution is 0.284. The smallest absolute Gasteiger partial charge is 0.118 e. The standard InChI is InChI=1S/C12H18O2/c1-9-8-12(14)10(2)7-11(9)5-3-4-6-13/h7-8,13-14H,3-6H2,1-2H3. The summed E-state index contributed by atoms with van der Waals surface area (Å²) >= 11 is 0. The third-order valence-corrected chi connectivity index (χ3v) is 2.51. The molecule has 0 unspecified atom stereocenters. The van der Waals surface area contributed by atoms with Crippen LogP contribution in [0.5, 0.6) is 5.75 Å². The van der Waals surface area contributed by atoms with Gasteiger partial charge in [0.1, 0.15) is 5.75 Å². The fourth-order valence-corrected chi connectivity index (χ4v) is 1.56. The number of unbranched alkanes of at least 4 members (excludes halogenated alkanes) is 1. The Morgan fingerprint density at radius 2 is 1.79 bits per heavy atom. The maximum atomic E-state index is 9.46. The first-order valence-corrected chi connectivity index (χ1v) is 5.05. The van der Waals surface area contributed by atoms with Gasteiger partial charge in [-0.25, -0.2) is 0 Å². The van der Waals surface area contributed by atoms with E-state index in [9.17, 15) is 5.11 Å². The number of benzene rings is 1. The van der Waals surface area contributed by atoms with E-state index in [2.05, 4.69) is 0 Å². The van der Waals surface area contributed by atoms with Crippen LogP contribution in [-0.4, -0.2) is 16.8 Å². The van der Waals surface area contributed by atoms with Crippen molar-refractivity contribution in [2.24, 2.45) is 0 Å². The van der Waals surface area contributed by atoms with Crippen LogP contribution in [0.25, 0.3) is 0 Å². The minimum atomic E-state index is 0.260. The lowest BCUT2D eigenvalue weighted by atomic mass is 10.00. The predicted molar refractivity (Wildman–Crippen MR) is 57.6 cm³/mol. The van der Waals surface area contributed by atoms with E-state index in [1.807, 2.05) is 26.0 Å². The number of aliphatic hydroxyl groups is 1. The first-order chi connectivity index (χ1) is 6.65. The molecule has 0 bridgehead atoms. The summed E-state index contributed by atoms with van der Waals surface area (Å²) in [4.78, 5) is 0.